The second-order valence-corrected chi connectivity index (χ2v) is 3.84. The smallest absolute Gasteiger partial charge is 0.168 e. The number of benzene rings is 2. The van der Waals surface area contributed by atoms with E-state index in [-0.39, 0.29) is 17.4 Å². The van der Waals surface area contributed by atoms with Crippen LogP contribution in [0.4, 0.5) is 13.2 Å². The van der Waals surface area contributed by atoms with Gasteiger partial charge in [-0.05, 0) is 29.8 Å². The molecule has 0 saturated heterocycles. The lowest BCUT2D eigenvalue weighted by Crippen LogP contribution is -1.93. The SMILES string of the molecule is Fc1ccc(Oc2ccc(CCl)cc2F)c(F)c1. The van der Waals surface area contributed by atoms with Crippen LogP contribution >= 0.6 is 11.6 Å². The molecule has 0 unspecified atom stereocenters. The summed E-state index contributed by atoms with van der Waals surface area (Å²) in [6.07, 6.45) is 0. The zero-order valence-electron chi connectivity index (χ0n) is 9.09. The van der Waals surface area contributed by atoms with E-state index in [0.717, 1.165) is 12.1 Å². The summed E-state index contributed by atoms with van der Waals surface area (Å²) in [4.78, 5) is 0. The van der Waals surface area contributed by atoms with Gasteiger partial charge in [0.2, 0.25) is 0 Å². The van der Waals surface area contributed by atoms with E-state index in [0.29, 0.717) is 11.6 Å². The minimum Gasteiger partial charge on any atom is -0.451 e. The fourth-order valence-corrected chi connectivity index (χ4v) is 1.55. The molecule has 0 aliphatic rings. The van der Waals surface area contributed by atoms with Gasteiger partial charge in [0.15, 0.2) is 23.1 Å². The highest BCUT2D eigenvalue weighted by molar-refractivity contribution is 6.17. The summed E-state index contributed by atoms with van der Waals surface area (Å²) in [6, 6.07) is 6.90. The van der Waals surface area contributed by atoms with Gasteiger partial charge in [-0.15, -0.1) is 11.6 Å². The monoisotopic (exact) mass is 272 g/mol. The van der Waals surface area contributed by atoms with Crippen LogP contribution in [0.1, 0.15) is 5.56 Å². The van der Waals surface area contributed by atoms with Crippen LogP contribution in [-0.2, 0) is 5.88 Å². The lowest BCUT2D eigenvalue weighted by atomic mass is 10.2. The van der Waals surface area contributed by atoms with Crippen LogP contribution in [0.3, 0.4) is 0 Å². The first kappa shape index (κ1) is 12.8. The minimum atomic E-state index is -0.893. The Labute approximate surface area is 107 Å². The van der Waals surface area contributed by atoms with Crippen LogP contribution < -0.4 is 4.74 Å². The van der Waals surface area contributed by atoms with Gasteiger partial charge in [-0.1, -0.05) is 6.07 Å². The molecule has 0 amide bonds. The number of halogens is 4. The van der Waals surface area contributed by atoms with Gasteiger partial charge in [0.1, 0.15) is 5.82 Å². The van der Waals surface area contributed by atoms with Gasteiger partial charge in [0.05, 0.1) is 0 Å². The van der Waals surface area contributed by atoms with Crippen molar-refractivity contribution in [2.75, 3.05) is 0 Å². The first-order chi connectivity index (χ1) is 8.60. The molecule has 0 radical (unpaired) electrons. The fraction of sp³-hybridized carbons (Fsp3) is 0.0769. The fourth-order valence-electron chi connectivity index (χ4n) is 1.39. The van der Waals surface area contributed by atoms with Crippen LogP contribution in [-0.4, -0.2) is 0 Å². The summed E-state index contributed by atoms with van der Waals surface area (Å²) in [5, 5.41) is 0. The average Bonchev–Trinajstić information content (AvgIpc) is 2.34. The zero-order chi connectivity index (χ0) is 13.1. The molecule has 2 aromatic rings. The van der Waals surface area contributed by atoms with Crippen molar-refractivity contribution in [2.45, 2.75) is 5.88 Å². The molecule has 0 aliphatic carbocycles. The van der Waals surface area contributed by atoms with Crippen molar-refractivity contribution in [2.24, 2.45) is 0 Å². The van der Waals surface area contributed by atoms with Crippen LogP contribution in [0.2, 0.25) is 0 Å². The predicted octanol–water partition coefficient (Wildman–Crippen LogP) is 4.64. The van der Waals surface area contributed by atoms with Crippen molar-refractivity contribution in [1.29, 1.82) is 0 Å². The highest BCUT2D eigenvalue weighted by atomic mass is 35.5. The van der Waals surface area contributed by atoms with E-state index in [9.17, 15) is 13.2 Å². The van der Waals surface area contributed by atoms with Crippen LogP contribution in [0.15, 0.2) is 36.4 Å². The maximum absolute atomic E-state index is 13.6. The summed E-state index contributed by atoms with van der Waals surface area (Å²) < 4.78 is 44.6. The minimum absolute atomic E-state index is 0.144. The Bertz CT molecular complexity index is 572. The summed E-state index contributed by atoms with van der Waals surface area (Å²) in [6.45, 7) is 0. The molecule has 0 aromatic heterocycles. The maximum Gasteiger partial charge on any atom is 0.168 e. The lowest BCUT2D eigenvalue weighted by molar-refractivity contribution is 0.411. The topological polar surface area (TPSA) is 9.23 Å². The molecule has 2 rings (SSSR count). The number of ether oxygens (including phenoxy) is 1. The van der Waals surface area contributed by atoms with Crippen molar-refractivity contribution >= 4 is 11.6 Å². The second kappa shape index (κ2) is 5.31. The molecule has 0 atom stereocenters. The number of hydrogen-bond donors (Lipinski definition) is 0. The Morgan fingerprint density at radius 1 is 0.889 bits per heavy atom. The maximum atomic E-state index is 13.6. The highest BCUT2D eigenvalue weighted by Crippen LogP contribution is 2.27. The third kappa shape index (κ3) is 2.76. The Kier molecular flexibility index (Phi) is 3.77. The van der Waals surface area contributed by atoms with E-state index in [2.05, 4.69) is 0 Å². The number of rotatable bonds is 3. The van der Waals surface area contributed by atoms with Crippen LogP contribution in [0, 0.1) is 17.5 Å². The van der Waals surface area contributed by atoms with Gasteiger partial charge in [0.25, 0.3) is 0 Å². The Morgan fingerprint density at radius 3 is 2.06 bits per heavy atom. The molecule has 0 N–H and O–H groups in total. The van der Waals surface area contributed by atoms with Crippen molar-refractivity contribution in [3.05, 3.63) is 59.4 Å². The van der Waals surface area contributed by atoms with Crippen molar-refractivity contribution in [3.63, 3.8) is 0 Å². The molecule has 18 heavy (non-hydrogen) atoms. The van der Waals surface area contributed by atoms with E-state index < -0.39 is 17.5 Å². The number of alkyl halides is 1. The lowest BCUT2D eigenvalue weighted by Gasteiger charge is -2.08. The van der Waals surface area contributed by atoms with E-state index in [1.165, 1.54) is 12.1 Å². The Hall–Kier alpha value is -1.68. The van der Waals surface area contributed by atoms with E-state index in [1.54, 1.807) is 6.07 Å². The van der Waals surface area contributed by atoms with Crippen LogP contribution in [0.5, 0.6) is 11.5 Å². The van der Waals surface area contributed by atoms with Gasteiger partial charge in [-0.25, -0.2) is 13.2 Å². The predicted molar refractivity (Wildman–Crippen MR) is 62.4 cm³/mol. The molecule has 0 saturated carbocycles. The molecular weight excluding hydrogens is 265 g/mol. The molecule has 5 heteroatoms. The summed E-state index contributed by atoms with van der Waals surface area (Å²) in [7, 11) is 0. The largest absolute Gasteiger partial charge is 0.451 e. The molecule has 1 nitrogen and oxygen atoms in total. The molecule has 0 aliphatic heterocycles. The molecule has 94 valence electrons. The van der Waals surface area contributed by atoms with Gasteiger partial charge < -0.3 is 4.74 Å². The Balaban J connectivity index is 2.28. The third-order valence-corrected chi connectivity index (χ3v) is 2.57. The van der Waals surface area contributed by atoms with E-state index >= 15 is 0 Å². The van der Waals surface area contributed by atoms with E-state index in [1.807, 2.05) is 0 Å². The van der Waals surface area contributed by atoms with Crippen molar-refractivity contribution in [1.82, 2.24) is 0 Å². The van der Waals surface area contributed by atoms with Crippen molar-refractivity contribution in [3.8, 4) is 11.5 Å². The molecule has 0 fully saturated rings. The zero-order valence-corrected chi connectivity index (χ0v) is 9.85. The molecule has 0 bridgehead atoms. The van der Waals surface area contributed by atoms with Crippen LogP contribution in [0.25, 0.3) is 0 Å². The second-order valence-electron chi connectivity index (χ2n) is 3.58. The standard InChI is InChI=1S/C13H8ClF3O/c14-7-8-1-3-12(10(16)5-8)18-13-4-2-9(15)6-11(13)17/h1-6H,7H2. The van der Waals surface area contributed by atoms with Gasteiger partial charge in [0, 0.05) is 11.9 Å². The third-order valence-electron chi connectivity index (χ3n) is 2.26. The van der Waals surface area contributed by atoms with Gasteiger partial charge >= 0.3 is 0 Å². The van der Waals surface area contributed by atoms with Crippen molar-refractivity contribution < 1.29 is 17.9 Å². The molecule has 2 aromatic carbocycles. The first-order valence-corrected chi connectivity index (χ1v) is 5.61. The Morgan fingerprint density at radius 2 is 1.50 bits per heavy atom. The summed E-state index contributed by atoms with van der Waals surface area (Å²) in [5.41, 5.74) is 0.584. The quantitative estimate of drug-likeness (QED) is 0.740. The molecular formula is C13H8ClF3O. The highest BCUT2D eigenvalue weighted by Gasteiger charge is 2.10. The normalized spacial score (nSPS) is 10.4. The summed E-state index contributed by atoms with van der Waals surface area (Å²) in [5.74, 6) is -2.49. The number of hydrogen-bond acceptors (Lipinski definition) is 1. The average molecular weight is 273 g/mol. The summed E-state index contributed by atoms with van der Waals surface area (Å²) >= 11 is 5.54. The first-order valence-electron chi connectivity index (χ1n) is 5.07. The molecule has 0 spiro atoms. The van der Waals surface area contributed by atoms with Gasteiger partial charge in [-0.3, -0.25) is 0 Å². The van der Waals surface area contributed by atoms with E-state index in [4.69, 9.17) is 16.3 Å². The molecule has 0 heterocycles. The van der Waals surface area contributed by atoms with Gasteiger partial charge in [-0.2, -0.15) is 0 Å².